The molecule has 3 aromatic carbocycles. The Kier molecular flexibility index (Phi) is 6.15. The van der Waals surface area contributed by atoms with Gasteiger partial charge in [-0.2, -0.15) is 0 Å². The predicted octanol–water partition coefficient (Wildman–Crippen LogP) is 8.99. The molecule has 0 bridgehead atoms. The van der Waals surface area contributed by atoms with Crippen LogP contribution in [0.2, 0.25) is 0 Å². The van der Waals surface area contributed by atoms with Crippen LogP contribution in [0, 0.1) is 0 Å². The number of anilines is 3. The molecule has 0 radical (unpaired) electrons. The molecule has 1 aliphatic heterocycles. The van der Waals surface area contributed by atoms with Gasteiger partial charge in [-0.1, -0.05) is 45.0 Å². The molecule has 6 nitrogen and oxygen atoms in total. The first-order valence-electron chi connectivity index (χ1n) is 14.6. The van der Waals surface area contributed by atoms with Crippen LogP contribution >= 0.6 is 0 Å². The number of hydrogen-bond donors (Lipinski definition) is 0. The molecule has 4 heterocycles. The normalized spacial score (nSPS) is 13.4. The van der Waals surface area contributed by atoms with Gasteiger partial charge in [0.1, 0.15) is 17.3 Å². The third kappa shape index (κ3) is 4.44. The average Bonchev–Trinajstić information content (AvgIpc) is 3.53. The fraction of sp³-hybridized carbons (Fsp3) is 0.222. The summed E-state index contributed by atoms with van der Waals surface area (Å²) in [6.07, 6.45) is 3.77. The van der Waals surface area contributed by atoms with Crippen LogP contribution in [0.1, 0.15) is 40.2 Å². The number of ether oxygens (including phenoxy) is 1. The van der Waals surface area contributed by atoms with Crippen molar-refractivity contribution >= 4 is 39.0 Å². The molecule has 6 heteroatoms. The van der Waals surface area contributed by atoms with Gasteiger partial charge in [0.15, 0.2) is 5.82 Å². The minimum Gasteiger partial charge on any atom is -0.457 e. The lowest BCUT2D eigenvalue weighted by Crippen LogP contribution is -2.33. The summed E-state index contributed by atoms with van der Waals surface area (Å²) in [6.45, 7) is 11.8. The van der Waals surface area contributed by atoms with Crippen molar-refractivity contribution in [3.8, 4) is 17.3 Å². The molecule has 6 aromatic rings. The van der Waals surface area contributed by atoms with E-state index in [1.54, 1.807) is 0 Å². The highest BCUT2D eigenvalue weighted by molar-refractivity contribution is 6.09. The summed E-state index contributed by atoms with van der Waals surface area (Å²) in [5.74, 6) is 3.49. The lowest BCUT2D eigenvalue weighted by Gasteiger charge is -2.24. The molecule has 0 amide bonds. The Morgan fingerprint density at radius 3 is 2.38 bits per heavy atom. The molecule has 1 aliphatic rings. The molecule has 0 fully saturated rings. The SMILES string of the molecule is CC(C)N1CN(c2cccc(Oc3ccc4c5ccccc5n(-c5cc(C(C)(C)C)ccn5)c4c3)c2)c2cccnc21. The summed E-state index contributed by atoms with van der Waals surface area (Å²) in [4.78, 5) is 14.1. The minimum atomic E-state index is 0.0217. The minimum absolute atomic E-state index is 0.0217. The zero-order valence-corrected chi connectivity index (χ0v) is 24.7. The molecular weight excluding hydrogens is 518 g/mol. The zero-order valence-electron chi connectivity index (χ0n) is 24.7. The van der Waals surface area contributed by atoms with Gasteiger partial charge < -0.3 is 14.5 Å². The van der Waals surface area contributed by atoms with Gasteiger partial charge in [0.25, 0.3) is 0 Å². The summed E-state index contributed by atoms with van der Waals surface area (Å²) in [7, 11) is 0. The fourth-order valence-corrected chi connectivity index (χ4v) is 5.86. The molecule has 0 spiro atoms. The highest BCUT2D eigenvalue weighted by Gasteiger charge is 2.29. The van der Waals surface area contributed by atoms with E-state index in [2.05, 4.69) is 133 Å². The van der Waals surface area contributed by atoms with Gasteiger partial charge in [-0.25, -0.2) is 9.97 Å². The first kappa shape index (κ1) is 26.1. The highest BCUT2D eigenvalue weighted by Crippen LogP contribution is 2.41. The number of rotatable bonds is 5. The number of hydrogen-bond acceptors (Lipinski definition) is 5. The largest absolute Gasteiger partial charge is 0.457 e. The molecule has 0 saturated heterocycles. The van der Waals surface area contributed by atoms with Crippen LogP contribution in [0.25, 0.3) is 27.6 Å². The molecule has 210 valence electrons. The Bertz CT molecular complexity index is 1930. The van der Waals surface area contributed by atoms with Crippen molar-refractivity contribution < 1.29 is 4.74 Å². The zero-order chi connectivity index (χ0) is 29.0. The van der Waals surface area contributed by atoms with Gasteiger partial charge in [-0.05, 0) is 79.4 Å². The maximum absolute atomic E-state index is 6.52. The van der Waals surface area contributed by atoms with Crippen LogP contribution in [-0.4, -0.2) is 27.2 Å². The van der Waals surface area contributed by atoms with Gasteiger partial charge in [0.05, 0.1) is 23.4 Å². The van der Waals surface area contributed by atoms with E-state index in [0.717, 1.165) is 52.2 Å². The smallest absolute Gasteiger partial charge is 0.154 e. The summed E-state index contributed by atoms with van der Waals surface area (Å²) in [5.41, 5.74) is 5.64. The van der Waals surface area contributed by atoms with Crippen LogP contribution in [0.4, 0.5) is 17.2 Å². The number of benzene rings is 3. The second-order valence-corrected chi connectivity index (χ2v) is 12.3. The van der Waals surface area contributed by atoms with Crippen LogP contribution in [0.3, 0.4) is 0 Å². The third-order valence-corrected chi connectivity index (χ3v) is 8.10. The standard InChI is InChI=1S/C36H35N5O/c1-24(2)39-23-40(32-14-9-18-38-35(32)39)26-10-8-11-27(21-26)42-28-15-16-30-29-12-6-7-13-31(29)41(33(30)22-28)34-20-25(17-19-37-34)36(3,4)5/h6-22,24H,23H2,1-5H3. The van der Waals surface area contributed by atoms with Crippen LogP contribution in [-0.2, 0) is 5.41 Å². The van der Waals surface area contributed by atoms with Gasteiger partial charge >= 0.3 is 0 Å². The predicted molar refractivity (Wildman–Crippen MR) is 173 cm³/mol. The summed E-state index contributed by atoms with van der Waals surface area (Å²) in [6, 6.07) is 31.9. The quantitative estimate of drug-likeness (QED) is 0.213. The van der Waals surface area contributed by atoms with E-state index in [4.69, 9.17) is 9.72 Å². The Labute approximate surface area is 246 Å². The highest BCUT2D eigenvalue weighted by atomic mass is 16.5. The van der Waals surface area contributed by atoms with Crippen molar-refractivity contribution in [2.45, 2.75) is 46.1 Å². The van der Waals surface area contributed by atoms with Crippen molar-refractivity contribution in [3.05, 3.63) is 109 Å². The van der Waals surface area contributed by atoms with Crippen molar-refractivity contribution in [3.63, 3.8) is 0 Å². The first-order valence-corrected chi connectivity index (χ1v) is 14.6. The topological polar surface area (TPSA) is 46.4 Å². The number of aromatic nitrogens is 3. The second kappa shape index (κ2) is 9.91. The monoisotopic (exact) mass is 553 g/mol. The molecule has 0 aliphatic carbocycles. The van der Waals surface area contributed by atoms with Gasteiger partial charge in [0.2, 0.25) is 0 Å². The van der Waals surface area contributed by atoms with Crippen LogP contribution < -0.4 is 14.5 Å². The van der Waals surface area contributed by atoms with Crippen molar-refractivity contribution in [1.29, 1.82) is 0 Å². The molecule has 0 atom stereocenters. The van der Waals surface area contributed by atoms with E-state index in [1.807, 2.05) is 24.5 Å². The molecule has 0 unspecified atom stereocenters. The van der Waals surface area contributed by atoms with E-state index in [1.165, 1.54) is 16.3 Å². The van der Waals surface area contributed by atoms with Crippen molar-refractivity contribution in [2.24, 2.45) is 0 Å². The van der Waals surface area contributed by atoms with Crippen molar-refractivity contribution in [2.75, 3.05) is 16.5 Å². The molecule has 0 N–H and O–H groups in total. The van der Waals surface area contributed by atoms with Gasteiger partial charge in [-0.3, -0.25) is 4.57 Å². The maximum Gasteiger partial charge on any atom is 0.154 e. The molecular formula is C36H35N5O. The van der Waals surface area contributed by atoms with E-state index < -0.39 is 0 Å². The van der Waals surface area contributed by atoms with E-state index in [-0.39, 0.29) is 5.41 Å². The average molecular weight is 554 g/mol. The Morgan fingerprint density at radius 1 is 0.738 bits per heavy atom. The van der Waals surface area contributed by atoms with Gasteiger partial charge in [-0.15, -0.1) is 0 Å². The Hall–Kier alpha value is -4.84. The number of para-hydroxylation sites is 1. The molecule has 3 aromatic heterocycles. The van der Waals surface area contributed by atoms with E-state index >= 15 is 0 Å². The van der Waals surface area contributed by atoms with Crippen molar-refractivity contribution in [1.82, 2.24) is 14.5 Å². The summed E-state index contributed by atoms with van der Waals surface area (Å²) in [5, 5.41) is 2.37. The fourth-order valence-electron chi connectivity index (χ4n) is 5.86. The van der Waals surface area contributed by atoms with E-state index in [0.29, 0.717) is 6.04 Å². The molecule has 0 saturated carbocycles. The lowest BCUT2D eigenvalue weighted by molar-refractivity contribution is 0.483. The van der Waals surface area contributed by atoms with Gasteiger partial charge in [0, 0.05) is 47.0 Å². The van der Waals surface area contributed by atoms with Crippen LogP contribution in [0.15, 0.2) is 103 Å². The molecule has 7 rings (SSSR count). The lowest BCUT2D eigenvalue weighted by atomic mass is 9.88. The van der Waals surface area contributed by atoms with Crippen LogP contribution in [0.5, 0.6) is 11.5 Å². The molecule has 42 heavy (non-hydrogen) atoms. The Morgan fingerprint density at radius 2 is 1.55 bits per heavy atom. The number of pyridine rings is 2. The Balaban J connectivity index is 1.28. The summed E-state index contributed by atoms with van der Waals surface area (Å²) >= 11 is 0. The second-order valence-electron chi connectivity index (χ2n) is 12.3. The first-order chi connectivity index (χ1) is 20.3. The number of nitrogens with zero attached hydrogens (tertiary/aromatic N) is 5. The number of fused-ring (bicyclic) bond motifs is 4. The third-order valence-electron chi connectivity index (χ3n) is 8.10. The summed E-state index contributed by atoms with van der Waals surface area (Å²) < 4.78 is 8.77. The maximum atomic E-state index is 6.52. The van der Waals surface area contributed by atoms with E-state index in [9.17, 15) is 0 Å².